The average Bonchev–Trinajstić information content (AvgIpc) is 2.35. The lowest BCUT2D eigenvalue weighted by atomic mass is 9.96. The first-order valence-corrected chi connectivity index (χ1v) is 7.26. The third-order valence-corrected chi connectivity index (χ3v) is 3.87. The van der Waals surface area contributed by atoms with E-state index in [4.69, 9.17) is 17.3 Å². The second-order valence-electron chi connectivity index (χ2n) is 5.11. The summed E-state index contributed by atoms with van der Waals surface area (Å²) in [7, 11) is 0. The van der Waals surface area contributed by atoms with Crippen molar-refractivity contribution in [1.29, 1.82) is 0 Å². The van der Waals surface area contributed by atoms with Crippen LogP contribution in [0.4, 0.5) is 5.82 Å². The van der Waals surface area contributed by atoms with E-state index < -0.39 is 0 Å². The molecule has 4 nitrogen and oxygen atoms in total. The molecule has 0 unspecified atom stereocenters. The minimum atomic E-state index is -0.111. The molecule has 0 bridgehead atoms. The van der Waals surface area contributed by atoms with Crippen LogP contribution in [0.1, 0.15) is 55.3 Å². The first-order valence-electron chi connectivity index (χ1n) is 6.88. The number of nitrogens with zero attached hydrogens (tertiary/aromatic N) is 1. The number of amides is 1. The third kappa shape index (κ3) is 4.10. The van der Waals surface area contributed by atoms with Gasteiger partial charge in [-0.2, -0.15) is 0 Å². The summed E-state index contributed by atoms with van der Waals surface area (Å²) >= 11 is 5.88. The summed E-state index contributed by atoms with van der Waals surface area (Å²) in [6, 6.07) is 1.84. The first-order chi connectivity index (χ1) is 9.16. The summed E-state index contributed by atoms with van der Waals surface area (Å²) in [6.07, 6.45) is 9.81. The van der Waals surface area contributed by atoms with Gasteiger partial charge in [0.2, 0.25) is 0 Å². The molecule has 1 aliphatic rings. The number of hydrogen-bond acceptors (Lipinski definition) is 3. The molecule has 1 aromatic heterocycles. The van der Waals surface area contributed by atoms with Crippen LogP contribution in [0, 0.1) is 0 Å². The van der Waals surface area contributed by atoms with Crippen LogP contribution < -0.4 is 11.1 Å². The number of nitrogens with two attached hydrogens (primary N) is 1. The molecular weight excluding hydrogens is 262 g/mol. The van der Waals surface area contributed by atoms with Gasteiger partial charge in [-0.25, -0.2) is 4.98 Å². The molecule has 19 heavy (non-hydrogen) atoms. The fourth-order valence-electron chi connectivity index (χ4n) is 2.44. The maximum Gasteiger partial charge on any atom is 0.253 e. The number of rotatable bonds is 2. The van der Waals surface area contributed by atoms with Crippen LogP contribution in [0.3, 0.4) is 0 Å². The number of halogens is 1. The molecule has 1 amide bonds. The Morgan fingerprint density at radius 2 is 1.89 bits per heavy atom. The zero-order chi connectivity index (χ0) is 13.7. The predicted molar refractivity (Wildman–Crippen MR) is 77.2 cm³/mol. The number of carbonyl (C=O) groups excluding carboxylic acids is 1. The molecule has 0 spiro atoms. The number of nitrogens with one attached hydrogen (secondary N) is 1. The molecule has 0 aromatic carbocycles. The highest BCUT2D eigenvalue weighted by Gasteiger charge is 2.16. The molecular formula is C14H20ClN3O. The Morgan fingerprint density at radius 3 is 2.53 bits per heavy atom. The lowest BCUT2D eigenvalue weighted by Gasteiger charge is -2.21. The van der Waals surface area contributed by atoms with Gasteiger partial charge in [-0.15, -0.1) is 0 Å². The predicted octanol–water partition coefficient (Wildman–Crippen LogP) is 3.16. The number of hydrogen-bond donors (Lipinski definition) is 2. The molecule has 0 saturated heterocycles. The standard InChI is InChI=1S/C14H20ClN3O/c15-12-8-10(9-17-13(12)16)14(19)18-11-6-4-2-1-3-5-7-11/h8-9,11H,1-7H2,(H2,16,17)(H,18,19). The highest BCUT2D eigenvalue weighted by molar-refractivity contribution is 6.33. The van der Waals surface area contributed by atoms with E-state index in [0.717, 1.165) is 12.8 Å². The van der Waals surface area contributed by atoms with Crippen molar-refractivity contribution in [1.82, 2.24) is 10.3 Å². The quantitative estimate of drug-likeness (QED) is 0.875. The van der Waals surface area contributed by atoms with E-state index in [9.17, 15) is 4.79 Å². The summed E-state index contributed by atoms with van der Waals surface area (Å²) in [5.41, 5.74) is 6.01. The topological polar surface area (TPSA) is 68.0 Å². The second-order valence-corrected chi connectivity index (χ2v) is 5.51. The van der Waals surface area contributed by atoms with Gasteiger partial charge in [0.15, 0.2) is 0 Å². The van der Waals surface area contributed by atoms with Gasteiger partial charge in [-0.3, -0.25) is 4.79 Å². The lowest BCUT2D eigenvalue weighted by molar-refractivity contribution is 0.0930. The smallest absolute Gasteiger partial charge is 0.253 e. The Bertz CT molecular complexity index is 442. The average molecular weight is 282 g/mol. The maximum absolute atomic E-state index is 12.1. The molecule has 5 heteroatoms. The Balaban J connectivity index is 1.96. The van der Waals surface area contributed by atoms with E-state index in [-0.39, 0.29) is 17.8 Å². The zero-order valence-electron chi connectivity index (χ0n) is 11.0. The van der Waals surface area contributed by atoms with Crippen molar-refractivity contribution in [2.45, 2.75) is 51.0 Å². The Hall–Kier alpha value is -1.29. The van der Waals surface area contributed by atoms with Crippen molar-refractivity contribution in [3.8, 4) is 0 Å². The normalized spacial score (nSPS) is 17.5. The largest absolute Gasteiger partial charge is 0.382 e. The van der Waals surface area contributed by atoms with Crippen LogP contribution in [0.25, 0.3) is 0 Å². The SMILES string of the molecule is Nc1ncc(C(=O)NC2CCCCCCC2)cc1Cl. The van der Waals surface area contributed by atoms with Gasteiger partial charge in [0.1, 0.15) is 5.82 Å². The molecule has 0 aliphatic heterocycles. The lowest BCUT2D eigenvalue weighted by Crippen LogP contribution is -2.35. The molecule has 0 atom stereocenters. The number of aromatic nitrogens is 1. The van der Waals surface area contributed by atoms with Crippen molar-refractivity contribution in [3.63, 3.8) is 0 Å². The molecule has 1 saturated carbocycles. The molecule has 3 N–H and O–H groups in total. The van der Waals surface area contributed by atoms with Gasteiger partial charge in [0.05, 0.1) is 10.6 Å². The van der Waals surface area contributed by atoms with E-state index in [0.29, 0.717) is 10.6 Å². The number of anilines is 1. The van der Waals surface area contributed by atoms with E-state index >= 15 is 0 Å². The van der Waals surface area contributed by atoms with Crippen LogP contribution in [0.2, 0.25) is 5.02 Å². The first kappa shape index (κ1) is 14.1. The third-order valence-electron chi connectivity index (χ3n) is 3.57. The molecule has 0 radical (unpaired) electrons. The fraction of sp³-hybridized carbons (Fsp3) is 0.571. The summed E-state index contributed by atoms with van der Waals surface area (Å²) in [5.74, 6) is 0.143. The zero-order valence-corrected chi connectivity index (χ0v) is 11.7. The monoisotopic (exact) mass is 281 g/mol. The highest BCUT2D eigenvalue weighted by Crippen LogP contribution is 2.19. The fourth-order valence-corrected chi connectivity index (χ4v) is 2.61. The Labute approximate surface area is 118 Å². The van der Waals surface area contributed by atoms with Crippen LogP contribution in [-0.4, -0.2) is 16.9 Å². The number of carbonyl (C=O) groups is 1. The van der Waals surface area contributed by atoms with E-state index in [1.165, 1.54) is 38.3 Å². The summed E-state index contributed by atoms with van der Waals surface area (Å²) < 4.78 is 0. The molecule has 1 aromatic rings. The van der Waals surface area contributed by atoms with Crippen LogP contribution >= 0.6 is 11.6 Å². The van der Waals surface area contributed by atoms with E-state index in [1.807, 2.05) is 0 Å². The Morgan fingerprint density at radius 1 is 1.26 bits per heavy atom. The van der Waals surface area contributed by atoms with Gasteiger partial charge in [-0.1, -0.05) is 43.7 Å². The number of pyridine rings is 1. The van der Waals surface area contributed by atoms with Gasteiger partial charge in [0, 0.05) is 12.2 Å². The minimum Gasteiger partial charge on any atom is -0.382 e. The second kappa shape index (κ2) is 6.75. The van der Waals surface area contributed by atoms with Crippen molar-refractivity contribution >= 4 is 23.3 Å². The minimum absolute atomic E-state index is 0.111. The molecule has 1 fully saturated rings. The summed E-state index contributed by atoms with van der Waals surface area (Å²) in [6.45, 7) is 0. The van der Waals surface area contributed by atoms with Crippen molar-refractivity contribution in [2.24, 2.45) is 0 Å². The molecule has 2 rings (SSSR count). The van der Waals surface area contributed by atoms with Gasteiger partial charge in [0.25, 0.3) is 5.91 Å². The van der Waals surface area contributed by atoms with Crippen molar-refractivity contribution in [3.05, 3.63) is 22.8 Å². The van der Waals surface area contributed by atoms with Gasteiger partial charge in [-0.05, 0) is 18.9 Å². The van der Waals surface area contributed by atoms with Gasteiger partial charge < -0.3 is 11.1 Å². The molecule has 104 valence electrons. The van der Waals surface area contributed by atoms with Crippen molar-refractivity contribution in [2.75, 3.05) is 5.73 Å². The van der Waals surface area contributed by atoms with Crippen molar-refractivity contribution < 1.29 is 4.79 Å². The molecule has 1 heterocycles. The molecule has 1 aliphatic carbocycles. The van der Waals surface area contributed by atoms with Crippen LogP contribution in [-0.2, 0) is 0 Å². The maximum atomic E-state index is 12.1. The summed E-state index contributed by atoms with van der Waals surface area (Å²) in [4.78, 5) is 16.0. The number of nitrogen functional groups attached to an aromatic ring is 1. The van der Waals surface area contributed by atoms with Crippen LogP contribution in [0.5, 0.6) is 0 Å². The Kier molecular flexibility index (Phi) is 5.02. The van der Waals surface area contributed by atoms with E-state index in [1.54, 1.807) is 6.07 Å². The van der Waals surface area contributed by atoms with E-state index in [2.05, 4.69) is 10.3 Å². The van der Waals surface area contributed by atoms with Gasteiger partial charge >= 0.3 is 0 Å². The van der Waals surface area contributed by atoms with Crippen LogP contribution in [0.15, 0.2) is 12.3 Å². The summed E-state index contributed by atoms with van der Waals surface area (Å²) in [5, 5.41) is 3.40. The highest BCUT2D eigenvalue weighted by atomic mass is 35.5.